The average Bonchev–Trinajstić information content (AvgIpc) is 2.30. The van der Waals surface area contributed by atoms with Gasteiger partial charge in [0, 0.05) is 12.1 Å². The Balaban J connectivity index is 1.90. The van der Waals surface area contributed by atoms with E-state index in [1.54, 1.807) is 6.07 Å². The van der Waals surface area contributed by atoms with E-state index in [1.807, 2.05) is 38.1 Å². The quantitative estimate of drug-likeness (QED) is 0.793. The third-order valence-electron chi connectivity index (χ3n) is 2.48. The van der Waals surface area contributed by atoms with Gasteiger partial charge >= 0.3 is 0 Å². The molecule has 94 valence electrons. The lowest BCUT2D eigenvalue weighted by molar-refractivity contribution is 0.318. The SMILES string of the molecule is Cc1ccc(OCCc2nc(C)cc(Cl)n2)cc1. The molecule has 4 heteroatoms. The third-order valence-corrected chi connectivity index (χ3v) is 2.68. The van der Waals surface area contributed by atoms with Crippen molar-refractivity contribution in [3.8, 4) is 5.75 Å². The first-order valence-corrected chi connectivity index (χ1v) is 6.21. The topological polar surface area (TPSA) is 35.0 Å². The largest absolute Gasteiger partial charge is 0.493 e. The van der Waals surface area contributed by atoms with Gasteiger partial charge in [0.15, 0.2) is 0 Å². The summed E-state index contributed by atoms with van der Waals surface area (Å²) in [7, 11) is 0. The lowest BCUT2D eigenvalue weighted by atomic mass is 10.2. The maximum absolute atomic E-state index is 5.87. The number of ether oxygens (including phenoxy) is 1. The molecule has 0 N–H and O–H groups in total. The first-order valence-electron chi connectivity index (χ1n) is 5.83. The molecule has 0 saturated heterocycles. The van der Waals surface area contributed by atoms with Crippen molar-refractivity contribution in [2.75, 3.05) is 6.61 Å². The molecule has 0 unspecified atom stereocenters. The lowest BCUT2D eigenvalue weighted by Gasteiger charge is -2.06. The fraction of sp³-hybridized carbons (Fsp3) is 0.286. The molecule has 0 saturated carbocycles. The Bertz CT molecular complexity index is 506. The van der Waals surface area contributed by atoms with E-state index in [1.165, 1.54) is 5.56 Å². The van der Waals surface area contributed by atoms with Gasteiger partial charge < -0.3 is 4.74 Å². The van der Waals surface area contributed by atoms with Gasteiger partial charge in [-0.05, 0) is 32.0 Å². The Morgan fingerprint density at radius 1 is 1.11 bits per heavy atom. The van der Waals surface area contributed by atoms with Crippen LogP contribution in [0.4, 0.5) is 0 Å². The average molecular weight is 263 g/mol. The van der Waals surface area contributed by atoms with Crippen LogP contribution in [0.2, 0.25) is 5.15 Å². The van der Waals surface area contributed by atoms with Crippen LogP contribution in [0.3, 0.4) is 0 Å². The molecule has 0 bridgehead atoms. The summed E-state index contributed by atoms with van der Waals surface area (Å²) in [6.45, 7) is 4.49. The molecule has 0 spiro atoms. The first-order chi connectivity index (χ1) is 8.63. The zero-order valence-corrected chi connectivity index (χ0v) is 11.2. The molecular formula is C14H15ClN2O. The summed E-state index contributed by atoms with van der Waals surface area (Å²) in [4.78, 5) is 8.46. The Morgan fingerprint density at radius 2 is 1.83 bits per heavy atom. The molecular weight excluding hydrogens is 248 g/mol. The van der Waals surface area contributed by atoms with Crippen molar-refractivity contribution < 1.29 is 4.74 Å². The number of hydrogen-bond donors (Lipinski definition) is 0. The highest BCUT2D eigenvalue weighted by molar-refractivity contribution is 6.29. The van der Waals surface area contributed by atoms with Crippen LogP contribution in [-0.2, 0) is 6.42 Å². The molecule has 1 aromatic carbocycles. The van der Waals surface area contributed by atoms with E-state index in [4.69, 9.17) is 16.3 Å². The minimum absolute atomic E-state index is 0.479. The van der Waals surface area contributed by atoms with E-state index in [-0.39, 0.29) is 0 Å². The highest BCUT2D eigenvalue weighted by Gasteiger charge is 2.01. The minimum Gasteiger partial charge on any atom is -0.493 e. The second kappa shape index (κ2) is 5.83. The van der Waals surface area contributed by atoms with Crippen molar-refractivity contribution in [1.82, 2.24) is 9.97 Å². The molecule has 1 aromatic heterocycles. The van der Waals surface area contributed by atoms with Gasteiger partial charge in [0.2, 0.25) is 0 Å². The van der Waals surface area contributed by atoms with E-state index < -0.39 is 0 Å². The second-order valence-electron chi connectivity index (χ2n) is 4.16. The fourth-order valence-electron chi connectivity index (χ4n) is 1.60. The van der Waals surface area contributed by atoms with E-state index in [9.17, 15) is 0 Å². The van der Waals surface area contributed by atoms with Crippen molar-refractivity contribution in [3.05, 3.63) is 52.6 Å². The van der Waals surface area contributed by atoms with Crippen molar-refractivity contribution in [1.29, 1.82) is 0 Å². The smallest absolute Gasteiger partial charge is 0.133 e. The van der Waals surface area contributed by atoms with Crippen LogP contribution >= 0.6 is 11.6 Å². The maximum Gasteiger partial charge on any atom is 0.133 e. The van der Waals surface area contributed by atoms with Crippen LogP contribution in [0.15, 0.2) is 30.3 Å². The summed E-state index contributed by atoms with van der Waals surface area (Å²) in [5.41, 5.74) is 2.09. The Morgan fingerprint density at radius 3 is 2.50 bits per heavy atom. The Labute approximate surface area is 112 Å². The molecule has 0 aliphatic carbocycles. The maximum atomic E-state index is 5.87. The summed E-state index contributed by atoms with van der Waals surface area (Å²) >= 11 is 5.87. The number of aromatic nitrogens is 2. The second-order valence-corrected chi connectivity index (χ2v) is 4.55. The zero-order valence-electron chi connectivity index (χ0n) is 10.5. The van der Waals surface area contributed by atoms with E-state index in [0.29, 0.717) is 24.0 Å². The van der Waals surface area contributed by atoms with E-state index in [2.05, 4.69) is 9.97 Å². The molecule has 0 aliphatic rings. The summed E-state index contributed by atoms with van der Waals surface area (Å²) < 4.78 is 5.62. The van der Waals surface area contributed by atoms with Gasteiger partial charge in [-0.1, -0.05) is 29.3 Å². The molecule has 0 aliphatic heterocycles. The van der Waals surface area contributed by atoms with Crippen molar-refractivity contribution >= 4 is 11.6 Å². The monoisotopic (exact) mass is 262 g/mol. The van der Waals surface area contributed by atoms with E-state index >= 15 is 0 Å². The number of hydrogen-bond acceptors (Lipinski definition) is 3. The first kappa shape index (κ1) is 12.8. The van der Waals surface area contributed by atoms with Gasteiger partial charge in [0.25, 0.3) is 0 Å². The summed E-state index contributed by atoms with van der Waals surface area (Å²) in [5, 5.41) is 0.479. The zero-order chi connectivity index (χ0) is 13.0. The Kier molecular flexibility index (Phi) is 4.15. The van der Waals surface area contributed by atoms with Crippen LogP contribution in [0.1, 0.15) is 17.1 Å². The van der Waals surface area contributed by atoms with Crippen LogP contribution in [0.5, 0.6) is 5.75 Å². The van der Waals surface area contributed by atoms with Gasteiger partial charge in [-0.25, -0.2) is 9.97 Å². The summed E-state index contributed by atoms with van der Waals surface area (Å²) in [6, 6.07) is 9.70. The van der Waals surface area contributed by atoms with Crippen LogP contribution in [0, 0.1) is 13.8 Å². The summed E-state index contributed by atoms with van der Waals surface area (Å²) in [5.74, 6) is 1.58. The van der Waals surface area contributed by atoms with Gasteiger partial charge in [0.1, 0.15) is 16.7 Å². The molecule has 0 amide bonds. The standard InChI is InChI=1S/C14H15ClN2O/c1-10-3-5-12(6-4-10)18-8-7-14-16-11(2)9-13(15)17-14/h3-6,9H,7-8H2,1-2H3. The molecule has 18 heavy (non-hydrogen) atoms. The lowest BCUT2D eigenvalue weighted by Crippen LogP contribution is -2.05. The fourth-order valence-corrected chi connectivity index (χ4v) is 1.85. The number of halogens is 1. The van der Waals surface area contributed by atoms with Crippen LogP contribution in [-0.4, -0.2) is 16.6 Å². The summed E-state index contributed by atoms with van der Waals surface area (Å²) in [6.07, 6.45) is 0.648. The molecule has 0 radical (unpaired) electrons. The number of rotatable bonds is 4. The molecule has 2 rings (SSSR count). The molecule has 0 fully saturated rings. The van der Waals surface area contributed by atoms with Crippen molar-refractivity contribution in [3.63, 3.8) is 0 Å². The third kappa shape index (κ3) is 3.70. The molecule has 3 nitrogen and oxygen atoms in total. The number of nitrogens with zero attached hydrogens (tertiary/aromatic N) is 2. The van der Waals surface area contributed by atoms with Crippen LogP contribution < -0.4 is 4.74 Å². The van der Waals surface area contributed by atoms with E-state index in [0.717, 1.165) is 11.4 Å². The van der Waals surface area contributed by atoms with Gasteiger partial charge in [0.05, 0.1) is 6.61 Å². The Hall–Kier alpha value is -1.61. The number of benzene rings is 1. The molecule has 1 heterocycles. The van der Waals surface area contributed by atoms with Gasteiger partial charge in [-0.3, -0.25) is 0 Å². The van der Waals surface area contributed by atoms with Gasteiger partial charge in [-0.2, -0.15) is 0 Å². The highest BCUT2D eigenvalue weighted by Crippen LogP contribution is 2.12. The predicted molar refractivity (Wildman–Crippen MR) is 72.2 cm³/mol. The molecule has 2 aromatic rings. The number of aryl methyl sites for hydroxylation is 2. The molecule has 0 atom stereocenters. The highest BCUT2D eigenvalue weighted by atomic mass is 35.5. The minimum atomic E-state index is 0.479. The van der Waals surface area contributed by atoms with Crippen molar-refractivity contribution in [2.45, 2.75) is 20.3 Å². The van der Waals surface area contributed by atoms with Gasteiger partial charge in [-0.15, -0.1) is 0 Å². The predicted octanol–water partition coefficient (Wildman–Crippen LogP) is 3.37. The van der Waals surface area contributed by atoms with Crippen molar-refractivity contribution in [2.24, 2.45) is 0 Å². The normalized spacial score (nSPS) is 10.4. The van der Waals surface area contributed by atoms with Crippen LogP contribution in [0.25, 0.3) is 0 Å².